The molecule has 0 bridgehead atoms. The van der Waals surface area contributed by atoms with Crippen molar-refractivity contribution in [2.45, 2.75) is 25.3 Å². The first-order valence-electron chi connectivity index (χ1n) is 7.60. The minimum Gasteiger partial charge on any atom is -0.368 e. The summed E-state index contributed by atoms with van der Waals surface area (Å²) in [5.74, 6) is 0.805. The number of hydrogen-bond donors (Lipinski definition) is 1. The van der Waals surface area contributed by atoms with E-state index in [4.69, 9.17) is 17.3 Å². The van der Waals surface area contributed by atoms with E-state index in [0.717, 1.165) is 49.4 Å². The van der Waals surface area contributed by atoms with Gasteiger partial charge in [-0.2, -0.15) is 0 Å². The summed E-state index contributed by atoms with van der Waals surface area (Å²) in [7, 11) is 0. The Morgan fingerprint density at radius 2 is 1.85 bits per heavy atom. The van der Waals surface area contributed by atoms with Crippen LogP contribution in [0, 0.1) is 5.92 Å². The third-order valence-corrected chi connectivity index (χ3v) is 5.38. The molecule has 1 aliphatic carbocycles. The van der Waals surface area contributed by atoms with E-state index in [2.05, 4.69) is 28.9 Å². The summed E-state index contributed by atoms with van der Waals surface area (Å²) in [5, 5.41) is 0.852. The van der Waals surface area contributed by atoms with Gasteiger partial charge in [-0.3, -0.25) is 4.90 Å². The van der Waals surface area contributed by atoms with Crippen LogP contribution in [0.2, 0.25) is 5.02 Å². The zero-order chi connectivity index (χ0) is 14.2. The summed E-state index contributed by atoms with van der Waals surface area (Å²) < 4.78 is 0. The molecule has 1 saturated heterocycles. The van der Waals surface area contributed by atoms with Crippen LogP contribution in [0.3, 0.4) is 0 Å². The minimum absolute atomic E-state index is 0.201. The summed E-state index contributed by atoms with van der Waals surface area (Å²) >= 11 is 6.30. The van der Waals surface area contributed by atoms with E-state index in [-0.39, 0.29) is 5.54 Å². The maximum atomic E-state index is 6.30. The highest BCUT2D eigenvalue weighted by molar-refractivity contribution is 6.33. The molecule has 1 unspecified atom stereocenters. The fourth-order valence-electron chi connectivity index (χ4n) is 3.43. The van der Waals surface area contributed by atoms with Crippen molar-refractivity contribution in [1.82, 2.24) is 4.90 Å². The van der Waals surface area contributed by atoms with Crippen LogP contribution in [0.25, 0.3) is 0 Å². The van der Waals surface area contributed by atoms with E-state index in [1.807, 2.05) is 12.1 Å². The molecule has 3 rings (SSSR count). The van der Waals surface area contributed by atoms with Crippen LogP contribution in [0.15, 0.2) is 24.3 Å². The van der Waals surface area contributed by atoms with E-state index in [1.165, 1.54) is 12.8 Å². The molecule has 20 heavy (non-hydrogen) atoms. The zero-order valence-corrected chi connectivity index (χ0v) is 12.9. The number of halogens is 1. The highest BCUT2D eigenvalue weighted by Gasteiger charge is 2.45. The summed E-state index contributed by atoms with van der Waals surface area (Å²) in [4.78, 5) is 4.99. The highest BCUT2D eigenvalue weighted by Crippen LogP contribution is 2.43. The zero-order valence-electron chi connectivity index (χ0n) is 12.2. The monoisotopic (exact) mass is 293 g/mol. The number of para-hydroxylation sites is 1. The standard InChI is InChI=1S/C16H24ClN3/c1-16(12-18,13-6-7-13)20-10-8-19(9-11-20)15-5-3-2-4-14(15)17/h2-5,13H,6-12,18H2,1H3. The first-order chi connectivity index (χ1) is 9.65. The van der Waals surface area contributed by atoms with Crippen LogP contribution in [0.4, 0.5) is 5.69 Å². The highest BCUT2D eigenvalue weighted by atomic mass is 35.5. The molecule has 0 aromatic heterocycles. The van der Waals surface area contributed by atoms with Crippen LogP contribution in [0.5, 0.6) is 0 Å². The van der Waals surface area contributed by atoms with Gasteiger partial charge in [-0.05, 0) is 37.8 Å². The molecular weight excluding hydrogens is 270 g/mol. The average molecular weight is 294 g/mol. The summed E-state index contributed by atoms with van der Waals surface area (Å²) in [5.41, 5.74) is 7.44. The van der Waals surface area contributed by atoms with Gasteiger partial charge in [0.2, 0.25) is 0 Å². The molecule has 1 aromatic rings. The molecule has 1 heterocycles. The smallest absolute Gasteiger partial charge is 0.0639 e. The Bertz CT molecular complexity index is 467. The molecule has 2 N–H and O–H groups in total. The fraction of sp³-hybridized carbons (Fsp3) is 0.625. The van der Waals surface area contributed by atoms with Crippen molar-refractivity contribution in [2.75, 3.05) is 37.6 Å². The summed E-state index contributed by atoms with van der Waals surface area (Å²) in [6, 6.07) is 8.13. The van der Waals surface area contributed by atoms with E-state index in [1.54, 1.807) is 0 Å². The van der Waals surface area contributed by atoms with E-state index < -0.39 is 0 Å². The largest absolute Gasteiger partial charge is 0.368 e. The third-order valence-electron chi connectivity index (χ3n) is 5.07. The molecule has 2 aliphatic rings. The maximum absolute atomic E-state index is 6.30. The quantitative estimate of drug-likeness (QED) is 0.926. The molecule has 1 aliphatic heterocycles. The molecule has 0 amide bonds. The lowest BCUT2D eigenvalue weighted by Gasteiger charge is -2.46. The minimum atomic E-state index is 0.201. The van der Waals surface area contributed by atoms with Gasteiger partial charge in [0, 0.05) is 38.3 Å². The number of nitrogens with zero attached hydrogens (tertiary/aromatic N) is 2. The molecule has 0 spiro atoms. The second-order valence-corrected chi connectivity index (χ2v) is 6.67. The third kappa shape index (κ3) is 2.54. The number of rotatable bonds is 4. The van der Waals surface area contributed by atoms with Crippen molar-refractivity contribution in [3.05, 3.63) is 29.3 Å². The molecule has 3 nitrogen and oxygen atoms in total. The lowest BCUT2D eigenvalue weighted by atomic mass is 9.92. The van der Waals surface area contributed by atoms with Gasteiger partial charge in [0.15, 0.2) is 0 Å². The number of nitrogens with two attached hydrogens (primary N) is 1. The Morgan fingerprint density at radius 3 is 2.40 bits per heavy atom. The fourth-order valence-corrected chi connectivity index (χ4v) is 3.68. The van der Waals surface area contributed by atoms with E-state index >= 15 is 0 Å². The Hall–Kier alpha value is -0.770. The number of piperazine rings is 1. The van der Waals surface area contributed by atoms with Crippen molar-refractivity contribution in [2.24, 2.45) is 11.7 Å². The Kier molecular flexibility index (Phi) is 3.93. The number of benzene rings is 1. The summed E-state index contributed by atoms with van der Waals surface area (Å²) in [6.07, 6.45) is 2.69. The topological polar surface area (TPSA) is 32.5 Å². The second kappa shape index (κ2) is 5.55. The van der Waals surface area contributed by atoms with Gasteiger partial charge in [0.25, 0.3) is 0 Å². The van der Waals surface area contributed by atoms with Crippen molar-refractivity contribution >= 4 is 17.3 Å². The van der Waals surface area contributed by atoms with Crippen molar-refractivity contribution in [3.8, 4) is 0 Å². The predicted octanol–water partition coefficient (Wildman–Crippen LogP) is 2.59. The van der Waals surface area contributed by atoms with Crippen LogP contribution < -0.4 is 10.6 Å². The van der Waals surface area contributed by atoms with E-state index in [9.17, 15) is 0 Å². The van der Waals surface area contributed by atoms with Crippen LogP contribution in [-0.4, -0.2) is 43.2 Å². The second-order valence-electron chi connectivity index (χ2n) is 6.26. The van der Waals surface area contributed by atoms with Crippen LogP contribution in [0.1, 0.15) is 19.8 Å². The van der Waals surface area contributed by atoms with Gasteiger partial charge in [0.05, 0.1) is 10.7 Å². The van der Waals surface area contributed by atoms with Gasteiger partial charge >= 0.3 is 0 Å². The molecule has 110 valence electrons. The van der Waals surface area contributed by atoms with Gasteiger partial charge in [-0.15, -0.1) is 0 Å². The molecule has 0 radical (unpaired) electrons. The van der Waals surface area contributed by atoms with Gasteiger partial charge in [0.1, 0.15) is 0 Å². The average Bonchev–Trinajstić information content (AvgIpc) is 3.32. The SMILES string of the molecule is CC(CN)(C1CC1)N1CCN(c2ccccc2Cl)CC1. The molecule has 2 fully saturated rings. The molecule has 1 atom stereocenters. The van der Waals surface area contributed by atoms with Crippen molar-refractivity contribution in [1.29, 1.82) is 0 Å². The van der Waals surface area contributed by atoms with Gasteiger partial charge in [-0.25, -0.2) is 0 Å². The number of anilines is 1. The molecule has 1 saturated carbocycles. The molecule has 1 aromatic carbocycles. The Balaban J connectivity index is 1.66. The Morgan fingerprint density at radius 1 is 1.20 bits per heavy atom. The Labute approximate surface area is 126 Å². The molecule has 4 heteroatoms. The van der Waals surface area contributed by atoms with Crippen molar-refractivity contribution in [3.63, 3.8) is 0 Å². The van der Waals surface area contributed by atoms with Gasteiger partial charge in [-0.1, -0.05) is 23.7 Å². The lowest BCUT2D eigenvalue weighted by molar-refractivity contribution is 0.0826. The maximum Gasteiger partial charge on any atom is 0.0639 e. The first-order valence-corrected chi connectivity index (χ1v) is 7.97. The predicted molar refractivity (Wildman–Crippen MR) is 85.4 cm³/mol. The van der Waals surface area contributed by atoms with Gasteiger partial charge < -0.3 is 10.6 Å². The first kappa shape index (κ1) is 14.2. The molecular formula is C16H24ClN3. The van der Waals surface area contributed by atoms with Crippen LogP contribution in [-0.2, 0) is 0 Å². The van der Waals surface area contributed by atoms with Crippen molar-refractivity contribution < 1.29 is 0 Å². The lowest BCUT2D eigenvalue weighted by Crippen LogP contribution is -2.60. The summed E-state index contributed by atoms with van der Waals surface area (Å²) in [6.45, 7) is 7.34. The van der Waals surface area contributed by atoms with Crippen LogP contribution >= 0.6 is 11.6 Å². The number of hydrogen-bond acceptors (Lipinski definition) is 3. The van der Waals surface area contributed by atoms with E-state index in [0.29, 0.717) is 0 Å². The normalized spacial score (nSPS) is 23.6.